The van der Waals surface area contributed by atoms with Gasteiger partial charge in [0.2, 0.25) is 0 Å². The van der Waals surface area contributed by atoms with Crippen molar-refractivity contribution < 1.29 is 0 Å². The zero-order valence-corrected chi connectivity index (χ0v) is 11.2. The van der Waals surface area contributed by atoms with Gasteiger partial charge < -0.3 is 0 Å². The minimum Gasteiger partial charge on any atom is -0.292 e. The molecule has 0 saturated carbocycles. The Hall–Kier alpha value is -1.61. The second-order valence-corrected chi connectivity index (χ2v) is 4.59. The van der Waals surface area contributed by atoms with Crippen LogP contribution in [0.25, 0.3) is 0 Å². The second kappa shape index (κ2) is 5.36. The number of aryl methyl sites for hydroxylation is 2. The van der Waals surface area contributed by atoms with Gasteiger partial charge in [0.05, 0.1) is 6.54 Å². The van der Waals surface area contributed by atoms with Gasteiger partial charge >= 0.3 is 0 Å². The number of nitrogens with zero attached hydrogens (tertiary/aromatic N) is 2. The average molecular weight is 263 g/mol. The van der Waals surface area contributed by atoms with Crippen molar-refractivity contribution in [2.75, 3.05) is 0 Å². The third-order valence-corrected chi connectivity index (χ3v) is 3.16. The number of hydrogen-bond acceptors (Lipinski definition) is 2. The molecular formula is C14H15ClN2O. The summed E-state index contributed by atoms with van der Waals surface area (Å²) in [5.74, 6) is 0.718. The summed E-state index contributed by atoms with van der Waals surface area (Å²) in [6, 6.07) is 9.38. The minimum atomic E-state index is -0.102. The summed E-state index contributed by atoms with van der Waals surface area (Å²) in [4.78, 5) is 16.2. The van der Waals surface area contributed by atoms with E-state index in [1.54, 1.807) is 4.57 Å². The highest BCUT2D eigenvalue weighted by Gasteiger charge is 2.07. The highest BCUT2D eigenvalue weighted by Crippen LogP contribution is 2.10. The van der Waals surface area contributed by atoms with E-state index in [2.05, 4.69) is 4.98 Å². The van der Waals surface area contributed by atoms with Gasteiger partial charge in [0.15, 0.2) is 0 Å². The Balaban J connectivity index is 2.47. The van der Waals surface area contributed by atoms with Crippen molar-refractivity contribution >= 4 is 11.6 Å². The van der Waals surface area contributed by atoms with Crippen LogP contribution in [-0.4, -0.2) is 9.55 Å². The van der Waals surface area contributed by atoms with Crippen molar-refractivity contribution in [1.82, 2.24) is 9.55 Å². The van der Waals surface area contributed by atoms with Gasteiger partial charge in [0.1, 0.15) is 11.0 Å². The molecule has 0 fully saturated rings. The van der Waals surface area contributed by atoms with E-state index in [1.807, 2.05) is 38.1 Å². The molecular weight excluding hydrogens is 248 g/mol. The van der Waals surface area contributed by atoms with Crippen LogP contribution in [0.5, 0.6) is 0 Å². The molecule has 0 N–H and O–H groups in total. The zero-order chi connectivity index (χ0) is 13.1. The molecule has 1 heterocycles. The second-order valence-electron chi connectivity index (χ2n) is 4.20. The van der Waals surface area contributed by atoms with E-state index in [-0.39, 0.29) is 10.7 Å². The molecule has 0 aliphatic carbocycles. The molecule has 1 aromatic carbocycles. The molecule has 18 heavy (non-hydrogen) atoms. The Morgan fingerprint density at radius 2 is 2.06 bits per heavy atom. The standard InChI is InChI=1S/C14H15ClN2O/c1-3-13-16-12(15)8-14(18)17(13)9-11-7-5-4-6-10(11)2/h4-8H,3,9H2,1-2H3. The Bertz CT molecular complexity index is 619. The van der Waals surface area contributed by atoms with Gasteiger partial charge in [-0.25, -0.2) is 4.98 Å². The fourth-order valence-corrected chi connectivity index (χ4v) is 2.11. The molecule has 0 saturated heterocycles. The van der Waals surface area contributed by atoms with Crippen LogP contribution in [0, 0.1) is 6.92 Å². The molecule has 3 nitrogen and oxygen atoms in total. The molecule has 4 heteroatoms. The molecule has 1 aromatic heterocycles. The first kappa shape index (κ1) is 12.8. The Morgan fingerprint density at radius 1 is 1.33 bits per heavy atom. The van der Waals surface area contributed by atoms with Crippen molar-refractivity contribution in [2.24, 2.45) is 0 Å². The molecule has 2 rings (SSSR count). The molecule has 0 spiro atoms. The monoisotopic (exact) mass is 262 g/mol. The quantitative estimate of drug-likeness (QED) is 0.798. The van der Waals surface area contributed by atoms with E-state index >= 15 is 0 Å². The summed E-state index contributed by atoms with van der Waals surface area (Å²) in [7, 11) is 0. The summed E-state index contributed by atoms with van der Waals surface area (Å²) in [6.45, 7) is 4.54. The smallest absolute Gasteiger partial charge is 0.255 e. The van der Waals surface area contributed by atoms with E-state index in [0.717, 1.165) is 11.4 Å². The predicted octanol–water partition coefficient (Wildman–Crippen LogP) is 2.82. The van der Waals surface area contributed by atoms with Crippen LogP contribution in [-0.2, 0) is 13.0 Å². The maximum absolute atomic E-state index is 12.0. The molecule has 0 amide bonds. The van der Waals surface area contributed by atoms with Crippen molar-refractivity contribution in [3.63, 3.8) is 0 Å². The van der Waals surface area contributed by atoms with Gasteiger partial charge in [-0.2, -0.15) is 0 Å². The van der Waals surface area contributed by atoms with Gasteiger partial charge in [-0.1, -0.05) is 42.8 Å². The van der Waals surface area contributed by atoms with Crippen LogP contribution >= 0.6 is 11.6 Å². The topological polar surface area (TPSA) is 34.9 Å². The van der Waals surface area contributed by atoms with Gasteiger partial charge in [0.25, 0.3) is 5.56 Å². The highest BCUT2D eigenvalue weighted by atomic mass is 35.5. The van der Waals surface area contributed by atoms with E-state index < -0.39 is 0 Å². The van der Waals surface area contributed by atoms with Crippen LogP contribution in [0.3, 0.4) is 0 Å². The van der Waals surface area contributed by atoms with Crippen molar-refractivity contribution in [1.29, 1.82) is 0 Å². The Morgan fingerprint density at radius 3 is 2.72 bits per heavy atom. The number of halogens is 1. The summed E-state index contributed by atoms with van der Waals surface area (Å²) in [5, 5.41) is 0.262. The first-order valence-corrected chi connectivity index (χ1v) is 6.30. The molecule has 94 valence electrons. The highest BCUT2D eigenvalue weighted by molar-refractivity contribution is 6.29. The lowest BCUT2D eigenvalue weighted by atomic mass is 10.1. The summed E-state index contributed by atoms with van der Waals surface area (Å²) in [6.07, 6.45) is 0.682. The maximum atomic E-state index is 12.0. The number of hydrogen-bond donors (Lipinski definition) is 0. The maximum Gasteiger partial charge on any atom is 0.255 e. The SMILES string of the molecule is CCc1nc(Cl)cc(=O)n1Cc1ccccc1C. The lowest BCUT2D eigenvalue weighted by Gasteiger charge is -2.12. The molecule has 0 radical (unpaired) electrons. The first-order chi connectivity index (χ1) is 8.61. The Kier molecular flexibility index (Phi) is 3.82. The van der Waals surface area contributed by atoms with Gasteiger partial charge in [-0.05, 0) is 18.1 Å². The van der Waals surface area contributed by atoms with Gasteiger partial charge in [0, 0.05) is 12.5 Å². The van der Waals surface area contributed by atoms with E-state index in [0.29, 0.717) is 13.0 Å². The van der Waals surface area contributed by atoms with Gasteiger partial charge in [-0.15, -0.1) is 0 Å². The molecule has 0 aliphatic rings. The fourth-order valence-electron chi connectivity index (χ4n) is 1.92. The largest absolute Gasteiger partial charge is 0.292 e. The molecule has 0 atom stereocenters. The molecule has 0 unspecified atom stereocenters. The lowest BCUT2D eigenvalue weighted by molar-refractivity contribution is 0.672. The van der Waals surface area contributed by atoms with Crippen LogP contribution in [0.1, 0.15) is 23.9 Å². The zero-order valence-electron chi connectivity index (χ0n) is 10.5. The van der Waals surface area contributed by atoms with Crippen molar-refractivity contribution in [3.8, 4) is 0 Å². The van der Waals surface area contributed by atoms with Crippen molar-refractivity contribution in [3.05, 3.63) is 62.8 Å². The summed E-state index contributed by atoms with van der Waals surface area (Å²) in [5.41, 5.74) is 2.19. The van der Waals surface area contributed by atoms with Crippen LogP contribution in [0.4, 0.5) is 0 Å². The van der Waals surface area contributed by atoms with Crippen LogP contribution in [0.2, 0.25) is 5.15 Å². The first-order valence-electron chi connectivity index (χ1n) is 5.92. The third-order valence-electron chi connectivity index (χ3n) is 2.96. The average Bonchev–Trinajstić information content (AvgIpc) is 2.34. The predicted molar refractivity (Wildman–Crippen MR) is 73.2 cm³/mol. The van der Waals surface area contributed by atoms with Crippen molar-refractivity contribution in [2.45, 2.75) is 26.8 Å². The van der Waals surface area contributed by atoms with Gasteiger partial charge in [-0.3, -0.25) is 9.36 Å². The fraction of sp³-hybridized carbons (Fsp3) is 0.286. The Labute approximate surface area is 111 Å². The number of aromatic nitrogens is 2. The molecule has 0 bridgehead atoms. The lowest BCUT2D eigenvalue weighted by Crippen LogP contribution is -2.25. The number of benzene rings is 1. The molecule has 0 aliphatic heterocycles. The van der Waals surface area contributed by atoms with E-state index in [1.165, 1.54) is 11.6 Å². The summed E-state index contributed by atoms with van der Waals surface area (Å²) >= 11 is 5.81. The van der Waals surface area contributed by atoms with Crippen LogP contribution < -0.4 is 5.56 Å². The van der Waals surface area contributed by atoms with E-state index in [4.69, 9.17) is 11.6 Å². The minimum absolute atomic E-state index is 0.102. The summed E-state index contributed by atoms with van der Waals surface area (Å²) < 4.78 is 1.67. The van der Waals surface area contributed by atoms with E-state index in [9.17, 15) is 4.79 Å². The number of rotatable bonds is 3. The van der Waals surface area contributed by atoms with Crippen LogP contribution in [0.15, 0.2) is 35.1 Å². The molecule has 2 aromatic rings. The normalized spacial score (nSPS) is 10.6. The third kappa shape index (κ3) is 2.62.